The number of hydrogen-bond acceptors (Lipinski definition) is 2. The molecule has 0 aromatic heterocycles. The standard InChI is InChI=1S/C14H26F3NO2/c1-2-3-4-7-12(19)9-11-18-13(20)8-5-6-10-14(15,16)17/h12,19H,2-11H2,1H3,(H,18,20). The van der Waals surface area contributed by atoms with E-state index in [0.717, 1.165) is 25.7 Å². The fourth-order valence-electron chi connectivity index (χ4n) is 1.85. The van der Waals surface area contributed by atoms with E-state index in [1.807, 2.05) is 0 Å². The lowest BCUT2D eigenvalue weighted by atomic mass is 10.1. The van der Waals surface area contributed by atoms with Crippen molar-refractivity contribution in [2.24, 2.45) is 0 Å². The van der Waals surface area contributed by atoms with Gasteiger partial charge in [0.2, 0.25) is 5.91 Å². The summed E-state index contributed by atoms with van der Waals surface area (Å²) < 4.78 is 35.6. The molecule has 0 bridgehead atoms. The maximum absolute atomic E-state index is 11.9. The van der Waals surface area contributed by atoms with Crippen LogP contribution in [0.1, 0.15) is 64.7 Å². The number of rotatable bonds is 11. The summed E-state index contributed by atoms with van der Waals surface area (Å²) >= 11 is 0. The number of hydrogen-bond donors (Lipinski definition) is 2. The van der Waals surface area contributed by atoms with Crippen LogP contribution in [0.15, 0.2) is 0 Å². The van der Waals surface area contributed by atoms with Crippen molar-refractivity contribution in [2.45, 2.75) is 77.0 Å². The Balaban J connectivity index is 3.44. The van der Waals surface area contributed by atoms with E-state index in [1.165, 1.54) is 0 Å². The SMILES string of the molecule is CCCCCC(O)CCNC(=O)CCCCC(F)(F)F. The smallest absolute Gasteiger partial charge is 0.389 e. The van der Waals surface area contributed by atoms with Gasteiger partial charge >= 0.3 is 6.18 Å². The number of aliphatic hydroxyl groups is 1. The Morgan fingerprint density at radius 2 is 1.85 bits per heavy atom. The molecule has 0 aliphatic rings. The van der Waals surface area contributed by atoms with E-state index in [0.29, 0.717) is 13.0 Å². The first-order valence-electron chi connectivity index (χ1n) is 7.36. The molecule has 1 unspecified atom stereocenters. The van der Waals surface area contributed by atoms with Gasteiger partial charge in [0.05, 0.1) is 6.10 Å². The molecule has 0 heterocycles. The molecule has 0 aromatic rings. The molecule has 0 spiro atoms. The number of aliphatic hydroxyl groups excluding tert-OH is 1. The van der Waals surface area contributed by atoms with Crippen LogP contribution in [0.5, 0.6) is 0 Å². The van der Waals surface area contributed by atoms with Crippen LogP contribution in [0.3, 0.4) is 0 Å². The Bertz CT molecular complexity index is 257. The molecule has 1 amide bonds. The zero-order chi connectivity index (χ0) is 15.4. The van der Waals surface area contributed by atoms with E-state index in [1.54, 1.807) is 0 Å². The molecule has 0 aliphatic heterocycles. The highest BCUT2D eigenvalue weighted by molar-refractivity contribution is 5.75. The van der Waals surface area contributed by atoms with Gasteiger partial charge in [0.25, 0.3) is 0 Å². The van der Waals surface area contributed by atoms with Gasteiger partial charge in [0.15, 0.2) is 0 Å². The van der Waals surface area contributed by atoms with Crippen molar-refractivity contribution in [3.63, 3.8) is 0 Å². The van der Waals surface area contributed by atoms with E-state index >= 15 is 0 Å². The summed E-state index contributed by atoms with van der Waals surface area (Å²) in [6.45, 7) is 2.47. The lowest BCUT2D eigenvalue weighted by Gasteiger charge is -2.11. The van der Waals surface area contributed by atoms with Crippen LogP contribution in [0, 0.1) is 0 Å². The minimum Gasteiger partial charge on any atom is -0.393 e. The molecule has 0 radical (unpaired) electrons. The zero-order valence-corrected chi connectivity index (χ0v) is 12.1. The third-order valence-corrected chi connectivity index (χ3v) is 3.05. The minimum atomic E-state index is -4.14. The molecule has 0 fully saturated rings. The van der Waals surface area contributed by atoms with Gasteiger partial charge in [-0.05, 0) is 25.7 Å². The molecule has 20 heavy (non-hydrogen) atoms. The lowest BCUT2D eigenvalue weighted by Crippen LogP contribution is -2.27. The fraction of sp³-hybridized carbons (Fsp3) is 0.929. The fourth-order valence-corrected chi connectivity index (χ4v) is 1.85. The molecule has 0 rings (SSSR count). The molecule has 1 atom stereocenters. The Kier molecular flexibility index (Phi) is 10.5. The van der Waals surface area contributed by atoms with Gasteiger partial charge in [-0.15, -0.1) is 0 Å². The van der Waals surface area contributed by atoms with Gasteiger partial charge in [-0.25, -0.2) is 0 Å². The Morgan fingerprint density at radius 1 is 1.15 bits per heavy atom. The lowest BCUT2D eigenvalue weighted by molar-refractivity contribution is -0.136. The Morgan fingerprint density at radius 3 is 2.45 bits per heavy atom. The van der Waals surface area contributed by atoms with Crippen molar-refractivity contribution in [1.82, 2.24) is 5.32 Å². The molecule has 2 N–H and O–H groups in total. The molecular weight excluding hydrogens is 271 g/mol. The number of nitrogens with one attached hydrogen (secondary N) is 1. The highest BCUT2D eigenvalue weighted by Gasteiger charge is 2.25. The zero-order valence-electron chi connectivity index (χ0n) is 12.1. The van der Waals surface area contributed by atoms with Gasteiger partial charge in [-0.3, -0.25) is 4.79 Å². The van der Waals surface area contributed by atoms with Crippen molar-refractivity contribution < 1.29 is 23.1 Å². The highest BCUT2D eigenvalue weighted by atomic mass is 19.4. The topological polar surface area (TPSA) is 49.3 Å². The summed E-state index contributed by atoms with van der Waals surface area (Å²) in [5, 5.41) is 12.2. The van der Waals surface area contributed by atoms with Crippen molar-refractivity contribution in [3.05, 3.63) is 0 Å². The average Bonchev–Trinajstić information content (AvgIpc) is 2.34. The molecular formula is C14H26F3NO2. The van der Waals surface area contributed by atoms with Crippen LogP contribution in [0.2, 0.25) is 0 Å². The van der Waals surface area contributed by atoms with Crippen LogP contribution in [-0.2, 0) is 4.79 Å². The second-order valence-corrected chi connectivity index (χ2v) is 5.11. The van der Waals surface area contributed by atoms with Crippen LogP contribution in [-0.4, -0.2) is 29.8 Å². The second kappa shape index (κ2) is 10.9. The van der Waals surface area contributed by atoms with Crippen LogP contribution in [0.25, 0.3) is 0 Å². The summed E-state index contributed by atoms with van der Waals surface area (Å²) in [5.41, 5.74) is 0. The normalized spacial score (nSPS) is 13.2. The average molecular weight is 297 g/mol. The molecule has 0 aromatic carbocycles. The van der Waals surface area contributed by atoms with Gasteiger partial charge < -0.3 is 10.4 Å². The van der Waals surface area contributed by atoms with Crippen molar-refractivity contribution in [1.29, 1.82) is 0 Å². The van der Waals surface area contributed by atoms with Crippen LogP contribution < -0.4 is 5.32 Å². The van der Waals surface area contributed by atoms with Gasteiger partial charge in [0.1, 0.15) is 0 Å². The molecule has 3 nitrogen and oxygen atoms in total. The number of carbonyl (C=O) groups is 1. The van der Waals surface area contributed by atoms with E-state index < -0.39 is 18.7 Å². The molecule has 120 valence electrons. The first-order valence-corrected chi connectivity index (χ1v) is 7.36. The first kappa shape index (κ1) is 19.2. The van der Waals surface area contributed by atoms with Crippen molar-refractivity contribution in [3.8, 4) is 0 Å². The summed E-state index contributed by atoms with van der Waals surface area (Å²) in [5.74, 6) is -0.243. The molecule has 0 aliphatic carbocycles. The minimum absolute atomic E-state index is 0.0173. The monoisotopic (exact) mass is 297 g/mol. The number of unbranched alkanes of at least 4 members (excludes halogenated alkanes) is 3. The summed E-state index contributed by atoms with van der Waals surface area (Å²) in [6, 6.07) is 0. The summed E-state index contributed by atoms with van der Waals surface area (Å²) in [6.07, 6.45) is -0.661. The second-order valence-electron chi connectivity index (χ2n) is 5.11. The van der Waals surface area contributed by atoms with Crippen molar-refractivity contribution in [2.75, 3.05) is 6.54 Å². The van der Waals surface area contributed by atoms with E-state index in [4.69, 9.17) is 0 Å². The third-order valence-electron chi connectivity index (χ3n) is 3.05. The molecule has 0 saturated carbocycles. The quantitative estimate of drug-likeness (QED) is 0.573. The van der Waals surface area contributed by atoms with Gasteiger partial charge in [0, 0.05) is 19.4 Å². The predicted octanol–water partition coefficient (Wildman–Crippen LogP) is 3.56. The highest BCUT2D eigenvalue weighted by Crippen LogP contribution is 2.22. The summed E-state index contributed by atoms with van der Waals surface area (Å²) in [4.78, 5) is 11.3. The predicted molar refractivity (Wildman–Crippen MR) is 72.3 cm³/mol. The van der Waals surface area contributed by atoms with E-state index in [2.05, 4.69) is 12.2 Å². The maximum atomic E-state index is 11.9. The maximum Gasteiger partial charge on any atom is 0.389 e. The Labute approximate surface area is 118 Å². The molecule has 0 saturated heterocycles. The molecule has 6 heteroatoms. The Hall–Kier alpha value is -0.780. The largest absolute Gasteiger partial charge is 0.393 e. The van der Waals surface area contributed by atoms with Crippen molar-refractivity contribution >= 4 is 5.91 Å². The number of amides is 1. The number of halogens is 3. The van der Waals surface area contributed by atoms with Gasteiger partial charge in [-0.1, -0.05) is 26.2 Å². The third kappa shape index (κ3) is 13.6. The van der Waals surface area contributed by atoms with Crippen LogP contribution in [0.4, 0.5) is 13.2 Å². The number of alkyl halides is 3. The van der Waals surface area contributed by atoms with Gasteiger partial charge in [-0.2, -0.15) is 13.2 Å². The van der Waals surface area contributed by atoms with E-state index in [-0.39, 0.29) is 25.2 Å². The number of carbonyl (C=O) groups excluding carboxylic acids is 1. The summed E-state index contributed by atoms with van der Waals surface area (Å²) in [7, 11) is 0. The van der Waals surface area contributed by atoms with Crippen LogP contribution >= 0.6 is 0 Å². The first-order chi connectivity index (χ1) is 9.35. The van der Waals surface area contributed by atoms with E-state index in [9.17, 15) is 23.1 Å².